The Labute approximate surface area is 162 Å². The Morgan fingerprint density at radius 1 is 1.00 bits per heavy atom. The average molecular weight is 368 g/mol. The number of aromatic amines is 1. The van der Waals surface area contributed by atoms with Gasteiger partial charge in [-0.1, -0.05) is 6.42 Å². The molecule has 0 bridgehead atoms. The summed E-state index contributed by atoms with van der Waals surface area (Å²) in [4.78, 5) is 8.87. The molecule has 3 fully saturated rings. The van der Waals surface area contributed by atoms with Gasteiger partial charge in [0.15, 0.2) is 0 Å². The molecule has 1 aromatic heterocycles. The topological polar surface area (TPSA) is 31.5 Å². The van der Waals surface area contributed by atoms with Crippen molar-refractivity contribution in [3.63, 3.8) is 0 Å². The zero-order valence-corrected chi connectivity index (χ0v) is 16.6. The van der Waals surface area contributed by atoms with E-state index in [1.165, 1.54) is 81.2 Å². The van der Waals surface area contributed by atoms with Gasteiger partial charge in [-0.15, -0.1) is 0 Å². The highest BCUT2D eigenvalue weighted by Gasteiger charge is 2.29. The molecule has 1 saturated carbocycles. The van der Waals surface area contributed by atoms with E-state index >= 15 is 0 Å². The molecule has 3 aliphatic rings. The van der Waals surface area contributed by atoms with E-state index in [2.05, 4.69) is 46.0 Å². The lowest BCUT2D eigenvalue weighted by Gasteiger charge is -2.41. The number of piperidine rings is 1. The average Bonchev–Trinajstić information content (AvgIpc) is 3.21. The first-order chi connectivity index (χ1) is 13.2. The van der Waals surface area contributed by atoms with Gasteiger partial charge in [-0.2, -0.15) is 0 Å². The largest absolute Gasteiger partial charge is 0.490 e. The van der Waals surface area contributed by atoms with Crippen LogP contribution in [0.3, 0.4) is 0 Å². The number of H-pyrrole nitrogens is 1. The van der Waals surface area contributed by atoms with Crippen LogP contribution in [0.4, 0.5) is 0 Å². The van der Waals surface area contributed by atoms with Crippen LogP contribution < -0.4 is 4.74 Å². The van der Waals surface area contributed by atoms with E-state index in [4.69, 9.17) is 4.74 Å². The first-order valence-electron chi connectivity index (χ1n) is 11.0. The van der Waals surface area contributed by atoms with Gasteiger partial charge >= 0.3 is 0 Å². The third kappa shape index (κ3) is 3.74. The lowest BCUT2D eigenvalue weighted by atomic mass is 9.90. The van der Waals surface area contributed by atoms with Crippen molar-refractivity contribution in [3.8, 4) is 5.75 Å². The number of nitrogens with zero attached hydrogens (tertiary/aromatic N) is 2. The van der Waals surface area contributed by atoms with Crippen molar-refractivity contribution in [2.24, 2.45) is 0 Å². The number of ether oxygens (including phenoxy) is 1. The number of benzene rings is 1. The molecule has 0 amide bonds. The zero-order chi connectivity index (χ0) is 18.2. The minimum absolute atomic E-state index is 0.377. The van der Waals surface area contributed by atoms with Crippen molar-refractivity contribution in [2.45, 2.75) is 76.6 Å². The van der Waals surface area contributed by atoms with Crippen molar-refractivity contribution in [3.05, 3.63) is 30.0 Å². The molecule has 4 heteroatoms. The fraction of sp³-hybridized carbons (Fsp3) is 0.652. The molecule has 0 unspecified atom stereocenters. The molecule has 1 atom stereocenters. The summed E-state index contributed by atoms with van der Waals surface area (Å²) in [5.74, 6) is 1.03. The molecule has 4 nitrogen and oxygen atoms in total. The van der Waals surface area contributed by atoms with Crippen LogP contribution in [-0.4, -0.2) is 52.6 Å². The normalized spacial score (nSPS) is 25.9. The summed E-state index contributed by atoms with van der Waals surface area (Å²) in [6, 6.07) is 10.4. The van der Waals surface area contributed by atoms with Crippen LogP contribution in [-0.2, 0) is 6.54 Å². The molecular weight excluding hydrogens is 334 g/mol. The highest BCUT2D eigenvalue weighted by molar-refractivity contribution is 5.81. The van der Waals surface area contributed by atoms with Crippen molar-refractivity contribution in [1.82, 2.24) is 14.8 Å². The van der Waals surface area contributed by atoms with Gasteiger partial charge in [0.2, 0.25) is 0 Å². The maximum absolute atomic E-state index is 6.35. The summed E-state index contributed by atoms with van der Waals surface area (Å²) in [5, 5.41) is 1.28. The van der Waals surface area contributed by atoms with Gasteiger partial charge in [0.05, 0.1) is 0 Å². The zero-order valence-electron chi connectivity index (χ0n) is 16.6. The second-order valence-electron chi connectivity index (χ2n) is 8.94. The van der Waals surface area contributed by atoms with Crippen molar-refractivity contribution < 1.29 is 4.74 Å². The molecule has 5 rings (SSSR count). The molecule has 2 saturated heterocycles. The van der Waals surface area contributed by atoms with Gasteiger partial charge in [-0.25, -0.2) is 0 Å². The van der Waals surface area contributed by atoms with Crippen molar-refractivity contribution in [1.29, 1.82) is 0 Å². The Morgan fingerprint density at radius 3 is 2.56 bits per heavy atom. The third-order valence-electron chi connectivity index (χ3n) is 7.08. The molecule has 1 aromatic carbocycles. The number of hydrogen-bond donors (Lipinski definition) is 1. The van der Waals surface area contributed by atoms with E-state index in [0.29, 0.717) is 12.1 Å². The first-order valence-corrected chi connectivity index (χ1v) is 11.0. The first kappa shape index (κ1) is 17.6. The minimum Gasteiger partial charge on any atom is -0.490 e. The fourth-order valence-corrected chi connectivity index (χ4v) is 5.08. The number of rotatable bonds is 5. The van der Waals surface area contributed by atoms with Crippen LogP contribution in [0, 0.1) is 0 Å². The van der Waals surface area contributed by atoms with Gasteiger partial charge in [0.1, 0.15) is 11.9 Å². The second-order valence-corrected chi connectivity index (χ2v) is 8.94. The molecule has 2 aromatic rings. The monoisotopic (exact) mass is 367 g/mol. The highest BCUT2D eigenvalue weighted by Crippen LogP contribution is 2.30. The van der Waals surface area contributed by atoms with Gasteiger partial charge in [0, 0.05) is 48.3 Å². The molecule has 0 spiro atoms. The van der Waals surface area contributed by atoms with Crippen LogP contribution in [0.2, 0.25) is 0 Å². The number of fused-ring (bicyclic) bond motifs is 1. The van der Waals surface area contributed by atoms with Gasteiger partial charge in [-0.05, 0) is 76.3 Å². The van der Waals surface area contributed by atoms with Crippen LogP contribution in [0.25, 0.3) is 10.9 Å². The Bertz CT molecular complexity index is 773. The fourth-order valence-electron chi connectivity index (χ4n) is 5.08. The quantitative estimate of drug-likeness (QED) is 0.841. The van der Waals surface area contributed by atoms with Crippen molar-refractivity contribution >= 4 is 10.9 Å². The Morgan fingerprint density at radius 2 is 1.85 bits per heavy atom. The Hall–Kier alpha value is -1.52. The number of likely N-dealkylation sites (tertiary alicyclic amines) is 2. The molecule has 1 aliphatic carbocycles. The predicted octanol–water partition coefficient (Wildman–Crippen LogP) is 4.55. The minimum atomic E-state index is 0.377. The summed E-state index contributed by atoms with van der Waals surface area (Å²) >= 11 is 0. The number of hydrogen-bond acceptors (Lipinski definition) is 3. The molecule has 27 heavy (non-hydrogen) atoms. The number of nitrogens with one attached hydrogen (secondary N) is 1. The van der Waals surface area contributed by atoms with Crippen molar-refractivity contribution in [2.75, 3.05) is 19.6 Å². The third-order valence-corrected chi connectivity index (χ3v) is 7.08. The summed E-state index contributed by atoms with van der Waals surface area (Å²) in [6.07, 6.45) is 9.62. The molecule has 146 valence electrons. The predicted molar refractivity (Wildman–Crippen MR) is 110 cm³/mol. The maximum atomic E-state index is 6.35. The summed E-state index contributed by atoms with van der Waals surface area (Å²) in [5.41, 5.74) is 2.55. The van der Waals surface area contributed by atoms with Gasteiger partial charge in [-0.3, -0.25) is 4.90 Å². The van der Waals surface area contributed by atoms with E-state index in [9.17, 15) is 0 Å². The molecular formula is C23H33N3O. The lowest BCUT2D eigenvalue weighted by Crippen LogP contribution is -2.46. The molecule has 3 heterocycles. The molecule has 1 N–H and O–H groups in total. The Kier molecular flexibility index (Phi) is 4.87. The summed E-state index contributed by atoms with van der Waals surface area (Å²) in [6.45, 7) is 7.02. The van der Waals surface area contributed by atoms with Gasteiger partial charge in [0.25, 0.3) is 0 Å². The van der Waals surface area contributed by atoms with E-state index in [1.54, 1.807) is 0 Å². The van der Waals surface area contributed by atoms with Crippen LogP contribution in [0.1, 0.15) is 57.6 Å². The van der Waals surface area contributed by atoms with Crippen LogP contribution >= 0.6 is 0 Å². The summed E-state index contributed by atoms with van der Waals surface area (Å²) < 4.78 is 6.35. The van der Waals surface area contributed by atoms with Crippen LogP contribution in [0.5, 0.6) is 5.75 Å². The SMILES string of the molecule is C[C@@H]1CCCN1Cc1cc2cc(OC3CCN(C4CCC4)CC3)ccc2[nH]1. The smallest absolute Gasteiger partial charge is 0.120 e. The van der Waals surface area contributed by atoms with Crippen LogP contribution in [0.15, 0.2) is 24.3 Å². The summed E-state index contributed by atoms with van der Waals surface area (Å²) in [7, 11) is 0. The highest BCUT2D eigenvalue weighted by atomic mass is 16.5. The lowest BCUT2D eigenvalue weighted by molar-refractivity contribution is 0.0494. The number of aromatic nitrogens is 1. The second kappa shape index (κ2) is 7.48. The molecule has 2 aliphatic heterocycles. The molecule has 0 radical (unpaired) electrons. The Balaban J connectivity index is 1.21. The standard InChI is InChI=1S/C23H33N3O/c1-17-4-3-11-26(17)16-19-14-18-15-22(7-8-23(18)24-19)27-21-9-12-25(13-10-21)20-5-2-6-20/h7-8,14-15,17,20-21,24H,2-6,9-13,16H2,1H3/t17-/m1/s1. The van der Waals surface area contributed by atoms with Gasteiger partial charge < -0.3 is 14.6 Å². The maximum Gasteiger partial charge on any atom is 0.120 e. The van der Waals surface area contributed by atoms with E-state index < -0.39 is 0 Å². The van der Waals surface area contributed by atoms with E-state index in [0.717, 1.165) is 18.3 Å². The van der Waals surface area contributed by atoms with E-state index in [-0.39, 0.29) is 0 Å². The van der Waals surface area contributed by atoms with E-state index in [1.807, 2.05) is 0 Å².